The van der Waals surface area contributed by atoms with Crippen LogP contribution < -0.4 is 5.73 Å². The molecule has 0 unspecified atom stereocenters. The van der Waals surface area contributed by atoms with E-state index in [0.717, 1.165) is 38.1 Å². The van der Waals surface area contributed by atoms with Crippen LogP contribution in [0, 0.1) is 0 Å². The van der Waals surface area contributed by atoms with Crippen molar-refractivity contribution in [3.8, 4) is 0 Å². The first-order chi connectivity index (χ1) is 9.72. The summed E-state index contributed by atoms with van der Waals surface area (Å²) in [6.45, 7) is 2.84. The number of nitrogens with zero attached hydrogens (tertiary/aromatic N) is 1. The number of hydrogen-bond acceptors (Lipinski definition) is 3. The van der Waals surface area contributed by atoms with Gasteiger partial charge >= 0.3 is 0 Å². The minimum Gasteiger partial charge on any atom is -0.383 e. The molecule has 2 atom stereocenters. The van der Waals surface area contributed by atoms with Gasteiger partial charge in [0.05, 0.1) is 6.61 Å². The molecule has 3 rings (SSSR count). The second-order valence-corrected chi connectivity index (χ2v) is 5.77. The van der Waals surface area contributed by atoms with E-state index in [-0.39, 0.29) is 5.91 Å². The molecule has 4 heteroatoms. The Morgan fingerprint density at radius 2 is 2.30 bits per heavy atom. The van der Waals surface area contributed by atoms with E-state index in [1.807, 2.05) is 12.1 Å². The van der Waals surface area contributed by atoms with Crippen LogP contribution in [0.1, 0.15) is 40.2 Å². The van der Waals surface area contributed by atoms with Crippen LogP contribution >= 0.6 is 0 Å². The first kappa shape index (κ1) is 13.6. The number of carbonyl (C=O) groups excluding carboxylic acids is 1. The zero-order chi connectivity index (χ0) is 14.1. The van der Waals surface area contributed by atoms with Gasteiger partial charge in [-0.3, -0.25) is 9.69 Å². The number of carbonyl (C=O) groups is 1. The van der Waals surface area contributed by atoms with Crippen LogP contribution in [0.2, 0.25) is 0 Å². The van der Waals surface area contributed by atoms with Crippen LogP contribution in [0.5, 0.6) is 0 Å². The van der Waals surface area contributed by atoms with Crippen LogP contribution in [0.3, 0.4) is 0 Å². The summed E-state index contributed by atoms with van der Waals surface area (Å²) in [4.78, 5) is 14.2. The molecule has 1 aliphatic carbocycles. The molecule has 20 heavy (non-hydrogen) atoms. The highest BCUT2D eigenvalue weighted by Gasteiger charge is 2.39. The molecule has 2 aliphatic rings. The number of primary amides is 1. The lowest BCUT2D eigenvalue weighted by atomic mass is 9.77. The van der Waals surface area contributed by atoms with E-state index < -0.39 is 0 Å². The zero-order valence-corrected chi connectivity index (χ0v) is 12.0. The molecule has 1 fully saturated rings. The van der Waals surface area contributed by atoms with Gasteiger partial charge in [0.25, 0.3) is 0 Å². The fourth-order valence-corrected chi connectivity index (χ4v) is 3.91. The molecule has 4 nitrogen and oxygen atoms in total. The summed E-state index contributed by atoms with van der Waals surface area (Å²) >= 11 is 0. The molecular weight excluding hydrogens is 252 g/mol. The maximum absolute atomic E-state index is 11.7. The molecule has 1 aromatic rings. The number of amides is 1. The van der Waals surface area contributed by atoms with Gasteiger partial charge in [0.15, 0.2) is 0 Å². The number of likely N-dealkylation sites (tertiary alicyclic amines) is 1. The van der Waals surface area contributed by atoms with Crippen LogP contribution in [0.4, 0.5) is 0 Å². The summed E-state index contributed by atoms with van der Waals surface area (Å²) in [7, 11) is 1.74. The quantitative estimate of drug-likeness (QED) is 0.906. The van der Waals surface area contributed by atoms with Gasteiger partial charge in [0, 0.05) is 31.2 Å². The van der Waals surface area contributed by atoms with Crippen molar-refractivity contribution in [3.05, 3.63) is 34.9 Å². The first-order valence-electron chi connectivity index (χ1n) is 7.37. The summed E-state index contributed by atoms with van der Waals surface area (Å²) in [5, 5.41) is 0. The molecule has 0 aromatic heterocycles. The third-order valence-corrected chi connectivity index (χ3v) is 4.79. The average molecular weight is 274 g/mol. The van der Waals surface area contributed by atoms with Crippen molar-refractivity contribution in [1.29, 1.82) is 0 Å². The minimum atomic E-state index is -0.294. The lowest BCUT2D eigenvalue weighted by Crippen LogP contribution is -2.37. The highest BCUT2D eigenvalue weighted by atomic mass is 16.5. The number of fused-ring (bicyclic) bond motifs is 3. The van der Waals surface area contributed by atoms with E-state index in [2.05, 4.69) is 11.0 Å². The van der Waals surface area contributed by atoms with Crippen LogP contribution in [-0.4, -0.2) is 43.7 Å². The second kappa shape index (κ2) is 5.54. The first-order valence-corrected chi connectivity index (χ1v) is 7.37. The van der Waals surface area contributed by atoms with Crippen LogP contribution in [0.15, 0.2) is 18.2 Å². The van der Waals surface area contributed by atoms with Crippen molar-refractivity contribution in [1.82, 2.24) is 4.90 Å². The standard InChI is InChI=1S/C16H22N2O2/c1-20-10-9-18-8-7-12-14(18)6-5-11-3-2-4-13(15(11)12)16(17)19/h2-4,12,14H,5-10H2,1H3,(H2,17,19)/t12-,14-/m1/s1. The molecule has 0 bridgehead atoms. The predicted octanol–water partition coefficient (Wildman–Crippen LogP) is 1.54. The zero-order valence-electron chi connectivity index (χ0n) is 12.0. The maximum atomic E-state index is 11.7. The molecule has 0 saturated carbocycles. The second-order valence-electron chi connectivity index (χ2n) is 5.77. The highest BCUT2D eigenvalue weighted by Crippen LogP contribution is 2.42. The lowest BCUT2D eigenvalue weighted by Gasteiger charge is -2.34. The molecule has 0 radical (unpaired) electrons. The molecule has 1 heterocycles. The molecular formula is C16H22N2O2. The van der Waals surface area contributed by atoms with Gasteiger partial charge in [0.1, 0.15) is 0 Å². The maximum Gasteiger partial charge on any atom is 0.248 e. The Morgan fingerprint density at radius 3 is 3.05 bits per heavy atom. The third kappa shape index (κ3) is 2.23. The Hall–Kier alpha value is -1.39. The Kier molecular flexibility index (Phi) is 3.76. The largest absolute Gasteiger partial charge is 0.383 e. The van der Waals surface area contributed by atoms with E-state index in [1.54, 1.807) is 7.11 Å². The lowest BCUT2D eigenvalue weighted by molar-refractivity contribution is 0.0997. The number of aryl methyl sites for hydroxylation is 1. The van der Waals surface area contributed by atoms with Gasteiger partial charge in [-0.2, -0.15) is 0 Å². The molecule has 2 N–H and O–H groups in total. The van der Waals surface area contributed by atoms with Crippen LogP contribution in [-0.2, 0) is 11.2 Å². The Balaban J connectivity index is 1.91. The number of hydrogen-bond donors (Lipinski definition) is 1. The SMILES string of the molecule is COCCN1CC[C@H]2c3c(cccc3C(N)=O)CC[C@H]21. The summed E-state index contributed by atoms with van der Waals surface area (Å²) in [5.41, 5.74) is 8.83. The Bertz CT molecular complexity index is 515. The normalized spacial score (nSPS) is 25.2. The van der Waals surface area contributed by atoms with Gasteiger partial charge in [-0.15, -0.1) is 0 Å². The summed E-state index contributed by atoms with van der Waals surface area (Å²) in [5.74, 6) is 0.164. The molecule has 1 amide bonds. The van der Waals surface area contributed by atoms with Crippen molar-refractivity contribution >= 4 is 5.91 Å². The van der Waals surface area contributed by atoms with E-state index in [0.29, 0.717) is 12.0 Å². The van der Waals surface area contributed by atoms with E-state index >= 15 is 0 Å². The number of nitrogens with two attached hydrogens (primary N) is 1. The smallest absolute Gasteiger partial charge is 0.248 e. The number of rotatable bonds is 4. The fraction of sp³-hybridized carbons (Fsp3) is 0.562. The number of ether oxygens (including phenoxy) is 1. The summed E-state index contributed by atoms with van der Waals surface area (Å²) in [6.07, 6.45) is 3.33. The van der Waals surface area contributed by atoms with Crippen molar-refractivity contribution in [3.63, 3.8) is 0 Å². The van der Waals surface area contributed by atoms with Crippen molar-refractivity contribution in [2.24, 2.45) is 5.73 Å². The average Bonchev–Trinajstić information content (AvgIpc) is 2.87. The van der Waals surface area contributed by atoms with Gasteiger partial charge in [-0.25, -0.2) is 0 Å². The van der Waals surface area contributed by atoms with Gasteiger partial charge in [0.2, 0.25) is 5.91 Å². The fourth-order valence-electron chi connectivity index (χ4n) is 3.91. The highest BCUT2D eigenvalue weighted by molar-refractivity contribution is 5.95. The van der Waals surface area contributed by atoms with E-state index in [9.17, 15) is 4.79 Å². The topological polar surface area (TPSA) is 55.6 Å². The van der Waals surface area contributed by atoms with E-state index in [1.165, 1.54) is 17.5 Å². The summed E-state index contributed by atoms with van der Waals surface area (Å²) < 4.78 is 5.20. The molecule has 1 saturated heterocycles. The molecule has 108 valence electrons. The molecule has 0 spiro atoms. The van der Waals surface area contributed by atoms with Gasteiger partial charge in [-0.1, -0.05) is 12.1 Å². The van der Waals surface area contributed by atoms with Crippen molar-refractivity contribution in [2.75, 3.05) is 26.8 Å². The summed E-state index contributed by atoms with van der Waals surface area (Å²) in [6, 6.07) is 6.52. The number of methoxy groups -OCH3 is 1. The Labute approximate surface area is 119 Å². The minimum absolute atomic E-state index is 0.294. The van der Waals surface area contributed by atoms with Crippen molar-refractivity contribution in [2.45, 2.75) is 31.2 Å². The number of benzene rings is 1. The van der Waals surface area contributed by atoms with Gasteiger partial charge in [-0.05, 0) is 43.0 Å². The molecule has 1 aromatic carbocycles. The monoisotopic (exact) mass is 274 g/mol. The third-order valence-electron chi connectivity index (χ3n) is 4.79. The molecule has 1 aliphatic heterocycles. The van der Waals surface area contributed by atoms with Crippen molar-refractivity contribution < 1.29 is 9.53 Å². The predicted molar refractivity (Wildman–Crippen MR) is 77.9 cm³/mol. The van der Waals surface area contributed by atoms with E-state index in [4.69, 9.17) is 10.5 Å². The Morgan fingerprint density at radius 1 is 1.45 bits per heavy atom. The van der Waals surface area contributed by atoms with Crippen LogP contribution in [0.25, 0.3) is 0 Å². The van der Waals surface area contributed by atoms with Gasteiger partial charge < -0.3 is 10.5 Å².